The first-order valence-electron chi connectivity index (χ1n) is 10.3. The van der Waals surface area contributed by atoms with E-state index >= 15 is 0 Å². The molecule has 1 amide bonds. The van der Waals surface area contributed by atoms with Crippen LogP contribution in [-0.4, -0.2) is 17.6 Å². The van der Waals surface area contributed by atoms with E-state index in [1.165, 1.54) is 0 Å². The van der Waals surface area contributed by atoms with Crippen molar-refractivity contribution in [3.05, 3.63) is 80.9 Å². The number of rotatable bonds is 6. The van der Waals surface area contributed by atoms with Crippen LogP contribution in [0.3, 0.4) is 0 Å². The Morgan fingerprint density at radius 2 is 1.68 bits per heavy atom. The van der Waals surface area contributed by atoms with Crippen molar-refractivity contribution >= 4 is 27.8 Å². The molecule has 0 bridgehead atoms. The molecular weight excluding hydrogens is 394 g/mol. The molecule has 160 valence electrons. The van der Waals surface area contributed by atoms with Gasteiger partial charge in [0.2, 0.25) is 5.91 Å². The standard InChI is InChI=1S/C25H25NO5/c1-14-16(3)30-22-12-23-20(11-19(14)22)15(2)18(25(29)31-23)9-10-24(28)26-13-21(27)17-7-5-4-6-8-17/h4-8,11-12,21,27H,9-10,13H2,1-3H3,(H,26,28). The number of carbonyl (C=O) groups is 1. The van der Waals surface area contributed by atoms with Crippen LogP contribution in [0, 0.1) is 20.8 Å². The highest BCUT2D eigenvalue weighted by Crippen LogP contribution is 2.31. The molecule has 0 fully saturated rings. The van der Waals surface area contributed by atoms with Crippen molar-refractivity contribution in [3.8, 4) is 0 Å². The number of furan rings is 1. The third-order valence-electron chi connectivity index (χ3n) is 5.86. The van der Waals surface area contributed by atoms with Gasteiger partial charge in [-0.25, -0.2) is 4.79 Å². The maximum absolute atomic E-state index is 12.6. The fourth-order valence-corrected chi connectivity index (χ4v) is 3.84. The number of nitrogens with one attached hydrogen (secondary N) is 1. The van der Waals surface area contributed by atoms with Gasteiger partial charge < -0.3 is 19.3 Å². The molecule has 4 rings (SSSR count). The zero-order valence-electron chi connectivity index (χ0n) is 17.8. The van der Waals surface area contributed by atoms with Crippen LogP contribution in [0.4, 0.5) is 0 Å². The summed E-state index contributed by atoms with van der Waals surface area (Å²) in [5, 5.41) is 14.7. The minimum absolute atomic E-state index is 0.116. The maximum Gasteiger partial charge on any atom is 0.339 e. The van der Waals surface area contributed by atoms with E-state index in [2.05, 4.69) is 5.32 Å². The summed E-state index contributed by atoms with van der Waals surface area (Å²) in [4.78, 5) is 24.9. The summed E-state index contributed by atoms with van der Waals surface area (Å²) >= 11 is 0. The second kappa shape index (κ2) is 8.40. The smallest absolute Gasteiger partial charge is 0.339 e. The van der Waals surface area contributed by atoms with Gasteiger partial charge in [-0.15, -0.1) is 0 Å². The van der Waals surface area contributed by atoms with E-state index in [4.69, 9.17) is 8.83 Å². The molecule has 0 aliphatic rings. The summed E-state index contributed by atoms with van der Waals surface area (Å²) in [6.45, 7) is 5.89. The molecule has 2 aromatic heterocycles. The minimum atomic E-state index is -0.776. The number of hydrogen-bond donors (Lipinski definition) is 2. The van der Waals surface area contributed by atoms with E-state index in [0.29, 0.717) is 16.7 Å². The van der Waals surface area contributed by atoms with Crippen molar-refractivity contribution in [1.82, 2.24) is 5.32 Å². The lowest BCUT2D eigenvalue weighted by atomic mass is 10.0. The molecule has 4 aromatic rings. The van der Waals surface area contributed by atoms with Crippen molar-refractivity contribution in [2.75, 3.05) is 6.54 Å². The van der Waals surface area contributed by atoms with E-state index < -0.39 is 11.7 Å². The monoisotopic (exact) mass is 419 g/mol. The number of aliphatic hydroxyl groups excluding tert-OH is 1. The van der Waals surface area contributed by atoms with E-state index in [0.717, 1.165) is 33.2 Å². The Morgan fingerprint density at radius 3 is 2.42 bits per heavy atom. The summed E-state index contributed by atoms with van der Waals surface area (Å²) in [6, 6.07) is 12.9. The normalized spacial score (nSPS) is 12.4. The van der Waals surface area contributed by atoms with Gasteiger partial charge in [0.05, 0.1) is 6.10 Å². The second-order valence-electron chi connectivity index (χ2n) is 7.85. The van der Waals surface area contributed by atoms with Crippen LogP contribution in [0.1, 0.15) is 40.5 Å². The number of hydrogen-bond acceptors (Lipinski definition) is 5. The Bertz CT molecular complexity index is 1320. The number of benzene rings is 2. The highest BCUT2D eigenvalue weighted by molar-refractivity contribution is 5.96. The van der Waals surface area contributed by atoms with Gasteiger partial charge in [-0.05, 0) is 49.9 Å². The minimum Gasteiger partial charge on any atom is -0.461 e. The Labute approximate surface area is 179 Å². The van der Waals surface area contributed by atoms with Crippen LogP contribution < -0.4 is 10.9 Å². The summed E-state index contributed by atoms with van der Waals surface area (Å²) in [7, 11) is 0. The topological polar surface area (TPSA) is 92.7 Å². The highest BCUT2D eigenvalue weighted by Gasteiger charge is 2.17. The Kier molecular flexibility index (Phi) is 5.65. The number of amides is 1. The molecule has 1 atom stereocenters. The Morgan fingerprint density at radius 1 is 1.00 bits per heavy atom. The molecule has 0 aliphatic carbocycles. The van der Waals surface area contributed by atoms with Crippen molar-refractivity contribution < 1.29 is 18.7 Å². The molecule has 0 saturated carbocycles. The van der Waals surface area contributed by atoms with Gasteiger partial charge >= 0.3 is 5.63 Å². The van der Waals surface area contributed by atoms with E-state index in [1.807, 2.05) is 45.0 Å². The molecule has 1 unspecified atom stereocenters. The molecule has 2 N–H and O–H groups in total. The molecule has 0 saturated heterocycles. The van der Waals surface area contributed by atoms with E-state index in [-0.39, 0.29) is 25.3 Å². The van der Waals surface area contributed by atoms with Crippen LogP contribution in [0.2, 0.25) is 0 Å². The lowest BCUT2D eigenvalue weighted by molar-refractivity contribution is -0.121. The van der Waals surface area contributed by atoms with Crippen LogP contribution in [0.15, 0.2) is 56.1 Å². The zero-order chi connectivity index (χ0) is 22.1. The fraction of sp³-hybridized carbons (Fsp3) is 0.280. The molecule has 0 aliphatic heterocycles. The molecular formula is C25H25NO5. The first-order valence-corrected chi connectivity index (χ1v) is 10.3. The fourth-order valence-electron chi connectivity index (χ4n) is 3.84. The largest absolute Gasteiger partial charge is 0.461 e. The Hall–Kier alpha value is -3.38. The van der Waals surface area contributed by atoms with Gasteiger partial charge in [-0.2, -0.15) is 0 Å². The van der Waals surface area contributed by atoms with Crippen LogP contribution in [0.25, 0.3) is 21.9 Å². The van der Waals surface area contributed by atoms with Gasteiger partial charge in [0, 0.05) is 35.4 Å². The van der Waals surface area contributed by atoms with Crippen LogP contribution >= 0.6 is 0 Å². The van der Waals surface area contributed by atoms with Crippen molar-refractivity contribution in [2.45, 2.75) is 39.7 Å². The predicted molar refractivity (Wildman–Crippen MR) is 119 cm³/mol. The lowest BCUT2D eigenvalue weighted by Gasteiger charge is -2.12. The third kappa shape index (κ3) is 4.11. The number of fused-ring (bicyclic) bond motifs is 2. The molecule has 6 nitrogen and oxygen atoms in total. The predicted octanol–water partition coefficient (Wildman–Crippen LogP) is 4.25. The van der Waals surface area contributed by atoms with E-state index in [9.17, 15) is 14.7 Å². The molecule has 2 heterocycles. The molecule has 0 spiro atoms. The highest BCUT2D eigenvalue weighted by atomic mass is 16.4. The van der Waals surface area contributed by atoms with E-state index in [1.54, 1.807) is 18.2 Å². The van der Waals surface area contributed by atoms with Gasteiger partial charge in [0.15, 0.2) is 0 Å². The third-order valence-corrected chi connectivity index (χ3v) is 5.86. The maximum atomic E-state index is 12.6. The second-order valence-corrected chi connectivity index (χ2v) is 7.85. The first-order chi connectivity index (χ1) is 14.8. The lowest BCUT2D eigenvalue weighted by Crippen LogP contribution is -2.29. The quantitative estimate of drug-likeness (QED) is 0.456. The van der Waals surface area contributed by atoms with Gasteiger partial charge in [-0.1, -0.05) is 30.3 Å². The molecule has 0 radical (unpaired) electrons. The van der Waals surface area contributed by atoms with Gasteiger partial charge in [-0.3, -0.25) is 4.79 Å². The molecule has 6 heteroatoms. The van der Waals surface area contributed by atoms with Crippen LogP contribution in [0.5, 0.6) is 0 Å². The van der Waals surface area contributed by atoms with Gasteiger partial charge in [0.1, 0.15) is 16.9 Å². The summed E-state index contributed by atoms with van der Waals surface area (Å²) < 4.78 is 11.3. The first kappa shape index (κ1) is 20.9. The molecule has 31 heavy (non-hydrogen) atoms. The number of aryl methyl sites for hydroxylation is 3. The average Bonchev–Trinajstić information content (AvgIpc) is 3.04. The summed E-state index contributed by atoms with van der Waals surface area (Å²) in [6.07, 6.45) is -0.384. The van der Waals surface area contributed by atoms with Crippen molar-refractivity contribution in [2.24, 2.45) is 0 Å². The van der Waals surface area contributed by atoms with Crippen molar-refractivity contribution in [1.29, 1.82) is 0 Å². The number of aliphatic hydroxyl groups is 1. The zero-order valence-corrected chi connectivity index (χ0v) is 17.8. The summed E-state index contributed by atoms with van der Waals surface area (Å²) in [5.74, 6) is 0.602. The van der Waals surface area contributed by atoms with Crippen LogP contribution in [-0.2, 0) is 11.2 Å². The molecule has 2 aromatic carbocycles. The SMILES string of the molecule is Cc1oc2cc3oc(=O)c(CCC(=O)NCC(O)c4ccccc4)c(C)c3cc2c1C. The summed E-state index contributed by atoms with van der Waals surface area (Å²) in [5.41, 5.74) is 3.82. The van der Waals surface area contributed by atoms with Crippen molar-refractivity contribution in [3.63, 3.8) is 0 Å². The Balaban J connectivity index is 1.50. The van der Waals surface area contributed by atoms with Gasteiger partial charge in [0.25, 0.3) is 0 Å². The number of carbonyl (C=O) groups excluding carboxylic acids is 1. The average molecular weight is 419 g/mol.